The summed E-state index contributed by atoms with van der Waals surface area (Å²) in [6, 6.07) is 9.47. The molecule has 0 spiro atoms. The molecule has 4 aromatic rings. The maximum atomic E-state index is 6.23. The van der Waals surface area contributed by atoms with Crippen molar-refractivity contribution in [2.24, 2.45) is 0 Å². The lowest BCUT2D eigenvalue weighted by molar-refractivity contribution is 0.414. The summed E-state index contributed by atoms with van der Waals surface area (Å²) in [5.41, 5.74) is 2.28. The number of aromatic nitrogens is 5. The molecule has 0 aliphatic heterocycles. The van der Waals surface area contributed by atoms with Crippen molar-refractivity contribution in [2.75, 3.05) is 7.11 Å². The second-order valence-corrected chi connectivity index (χ2v) is 5.48. The van der Waals surface area contributed by atoms with Crippen molar-refractivity contribution < 1.29 is 9.26 Å². The van der Waals surface area contributed by atoms with Crippen LogP contribution in [0.3, 0.4) is 0 Å². The lowest BCUT2D eigenvalue weighted by atomic mass is 10.2. The highest BCUT2D eigenvalue weighted by Crippen LogP contribution is 2.24. The third-order valence-corrected chi connectivity index (χ3v) is 3.79. The molecule has 0 aliphatic carbocycles. The molecular weight excluding hydrogens is 330 g/mol. The first-order valence-electron chi connectivity index (χ1n) is 7.17. The molecule has 8 heteroatoms. The second-order valence-electron chi connectivity index (χ2n) is 5.12. The fraction of sp³-hybridized carbons (Fsp3) is 0.125. The molecule has 0 radical (unpaired) electrons. The molecule has 7 nitrogen and oxygen atoms in total. The van der Waals surface area contributed by atoms with Crippen molar-refractivity contribution >= 4 is 22.6 Å². The molecule has 24 heavy (non-hydrogen) atoms. The fourth-order valence-corrected chi connectivity index (χ4v) is 2.58. The van der Waals surface area contributed by atoms with Crippen LogP contribution < -0.4 is 4.74 Å². The Morgan fingerprint density at radius 1 is 1.17 bits per heavy atom. The van der Waals surface area contributed by atoms with Gasteiger partial charge in [0.25, 0.3) is 0 Å². The van der Waals surface area contributed by atoms with Crippen molar-refractivity contribution in [3.63, 3.8) is 0 Å². The monoisotopic (exact) mass is 341 g/mol. The Bertz CT molecular complexity index is 980. The van der Waals surface area contributed by atoms with Gasteiger partial charge in [0.1, 0.15) is 16.8 Å². The Morgan fingerprint density at radius 3 is 2.71 bits per heavy atom. The van der Waals surface area contributed by atoms with E-state index in [0.717, 1.165) is 11.3 Å². The largest absolute Gasteiger partial charge is 0.497 e. The Kier molecular flexibility index (Phi) is 3.62. The van der Waals surface area contributed by atoms with Crippen molar-refractivity contribution in [3.8, 4) is 17.3 Å². The van der Waals surface area contributed by atoms with Gasteiger partial charge in [-0.05, 0) is 17.7 Å². The lowest BCUT2D eigenvalue weighted by Gasteiger charge is -2.03. The topological polar surface area (TPSA) is 78.9 Å². The fourth-order valence-electron chi connectivity index (χ4n) is 2.36. The minimum Gasteiger partial charge on any atom is -0.497 e. The van der Waals surface area contributed by atoms with E-state index in [-0.39, 0.29) is 5.15 Å². The second kappa shape index (κ2) is 5.93. The Balaban J connectivity index is 1.68. The van der Waals surface area contributed by atoms with Gasteiger partial charge in [0.05, 0.1) is 26.0 Å². The molecule has 3 aromatic heterocycles. The maximum Gasteiger partial charge on any atom is 0.204 e. The third-order valence-electron chi connectivity index (χ3n) is 3.53. The predicted molar refractivity (Wildman–Crippen MR) is 87.9 cm³/mol. The number of hydrogen-bond acceptors (Lipinski definition) is 6. The molecule has 0 atom stereocenters. The summed E-state index contributed by atoms with van der Waals surface area (Å²) < 4.78 is 12.0. The number of benzene rings is 1. The van der Waals surface area contributed by atoms with E-state index in [9.17, 15) is 0 Å². The van der Waals surface area contributed by atoms with E-state index in [2.05, 4.69) is 20.2 Å². The van der Waals surface area contributed by atoms with Crippen LogP contribution in [-0.2, 0) is 6.54 Å². The van der Waals surface area contributed by atoms with Crippen molar-refractivity contribution in [3.05, 3.63) is 53.4 Å². The van der Waals surface area contributed by atoms with E-state index in [4.69, 9.17) is 20.9 Å². The van der Waals surface area contributed by atoms with Crippen LogP contribution in [0.2, 0.25) is 5.15 Å². The highest BCUT2D eigenvalue weighted by Gasteiger charge is 2.14. The first-order chi connectivity index (χ1) is 11.7. The van der Waals surface area contributed by atoms with Crippen molar-refractivity contribution in [2.45, 2.75) is 6.54 Å². The summed E-state index contributed by atoms with van der Waals surface area (Å²) in [4.78, 5) is 8.65. The minimum atomic E-state index is 0.278. The summed E-state index contributed by atoms with van der Waals surface area (Å²) in [5, 5.41) is 8.39. The molecule has 120 valence electrons. The van der Waals surface area contributed by atoms with Gasteiger partial charge >= 0.3 is 0 Å². The van der Waals surface area contributed by atoms with Crippen LogP contribution in [0.15, 0.2) is 47.2 Å². The number of hydrogen-bond donors (Lipinski definition) is 0. The predicted octanol–water partition coefficient (Wildman–Crippen LogP) is 3.19. The molecule has 0 saturated carbocycles. The molecule has 0 unspecified atom stereocenters. The average molecular weight is 342 g/mol. The van der Waals surface area contributed by atoms with Gasteiger partial charge in [-0.3, -0.25) is 4.68 Å². The summed E-state index contributed by atoms with van der Waals surface area (Å²) in [7, 11) is 1.64. The molecule has 1 aromatic carbocycles. The number of fused-ring (bicyclic) bond motifs is 1. The van der Waals surface area contributed by atoms with Crippen LogP contribution in [0.4, 0.5) is 0 Å². The number of rotatable bonds is 4. The average Bonchev–Trinajstić information content (AvgIpc) is 3.25. The van der Waals surface area contributed by atoms with Gasteiger partial charge in [0, 0.05) is 6.07 Å². The van der Waals surface area contributed by atoms with Crippen LogP contribution >= 0.6 is 11.6 Å². The van der Waals surface area contributed by atoms with E-state index in [1.165, 1.54) is 6.20 Å². The zero-order valence-corrected chi connectivity index (χ0v) is 13.4. The Hall–Kier alpha value is -2.93. The number of methoxy groups -OCH3 is 1. The first kappa shape index (κ1) is 14.6. The van der Waals surface area contributed by atoms with Crippen LogP contribution in [0.25, 0.3) is 22.6 Å². The van der Waals surface area contributed by atoms with Gasteiger partial charge in [-0.1, -0.05) is 28.9 Å². The normalized spacial score (nSPS) is 11.1. The third kappa shape index (κ3) is 2.69. The number of halogens is 1. The highest BCUT2D eigenvalue weighted by atomic mass is 35.5. The van der Waals surface area contributed by atoms with Gasteiger partial charge in [-0.15, -0.1) is 0 Å². The SMILES string of the molecule is COc1ccc(Cn2cc3nc(-c4ccno4)nc(Cl)c3n2)cc1. The maximum absolute atomic E-state index is 6.23. The summed E-state index contributed by atoms with van der Waals surface area (Å²) >= 11 is 6.23. The molecule has 0 bridgehead atoms. The molecule has 3 heterocycles. The standard InChI is InChI=1S/C16H12ClN5O2/c1-23-11-4-2-10(3-5-11)8-22-9-12-14(21-22)15(17)20-16(19-12)13-6-7-18-24-13/h2-7,9H,8H2,1H3. The summed E-state index contributed by atoms with van der Waals surface area (Å²) in [5.74, 6) is 1.66. The van der Waals surface area contributed by atoms with Gasteiger partial charge in [0.15, 0.2) is 5.15 Å². The molecular formula is C16H12ClN5O2. The molecule has 0 fully saturated rings. The lowest BCUT2D eigenvalue weighted by Crippen LogP contribution is -1.99. The van der Waals surface area contributed by atoms with Gasteiger partial charge in [-0.2, -0.15) is 5.10 Å². The zero-order valence-electron chi connectivity index (χ0n) is 12.7. The van der Waals surface area contributed by atoms with Crippen LogP contribution in [0.5, 0.6) is 5.75 Å². The van der Waals surface area contributed by atoms with E-state index in [1.807, 2.05) is 30.5 Å². The quantitative estimate of drug-likeness (QED) is 0.530. The first-order valence-corrected chi connectivity index (χ1v) is 7.55. The van der Waals surface area contributed by atoms with Gasteiger partial charge in [0.2, 0.25) is 11.6 Å². The van der Waals surface area contributed by atoms with E-state index in [1.54, 1.807) is 17.9 Å². The van der Waals surface area contributed by atoms with Crippen LogP contribution in [0, 0.1) is 0 Å². The van der Waals surface area contributed by atoms with E-state index >= 15 is 0 Å². The molecule has 0 amide bonds. The van der Waals surface area contributed by atoms with Crippen LogP contribution in [-0.4, -0.2) is 32.0 Å². The minimum absolute atomic E-state index is 0.278. The number of nitrogens with zero attached hydrogens (tertiary/aromatic N) is 5. The number of ether oxygens (including phenoxy) is 1. The highest BCUT2D eigenvalue weighted by molar-refractivity contribution is 6.33. The van der Waals surface area contributed by atoms with Crippen molar-refractivity contribution in [1.82, 2.24) is 24.9 Å². The molecule has 0 N–H and O–H groups in total. The van der Waals surface area contributed by atoms with Crippen molar-refractivity contribution in [1.29, 1.82) is 0 Å². The summed E-state index contributed by atoms with van der Waals surface area (Å²) in [6.07, 6.45) is 3.36. The molecule has 0 saturated heterocycles. The molecule has 0 aliphatic rings. The van der Waals surface area contributed by atoms with E-state index in [0.29, 0.717) is 29.2 Å². The zero-order chi connectivity index (χ0) is 16.5. The summed E-state index contributed by atoms with van der Waals surface area (Å²) in [6.45, 7) is 0.592. The van der Waals surface area contributed by atoms with E-state index < -0.39 is 0 Å². The Morgan fingerprint density at radius 2 is 2.00 bits per heavy atom. The molecule has 4 rings (SSSR count). The van der Waals surface area contributed by atoms with Crippen LogP contribution in [0.1, 0.15) is 5.56 Å². The van der Waals surface area contributed by atoms with Gasteiger partial charge < -0.3 is 9.26 Å². The Labute approximate surface area is 141 Å². The smallest absolute Gasteiger partial charge is 0.204 e. The van der Waals surface area contributed by atoms with Gasteiger partial charge in [-0.25, -0.2) is 9.97 Å².